The highest BCUT2D eigenvalue weighted by molar-refractivity contribution is 8.00. The van der Waals surface area contributed by atoms with Crippen molar-refractivity contribution in [1.82, 2.24) is 5.32 Å². The van der Waals surface area contributed by atoms with Gasteiger partial charge in [0.2, 0.25) is 0 Å². The normalized spacial score (nSPS) is 43.7. The lowest BCUT2D eigenvalue weighted by molar-refractivity contribution is 0.563. The monoisotopic (exact) mass is 143 g/mol. The molecule has 1 aliphatic heterocycles. The summed E-state index contributed by atoms with van der Waals surface area (Å²) in [4.78, 5) is 0. The van der Waals surface area contributed by atoms with E-state index in [4.69, 9.17) is 0 Å². The van der Waals surface area contributed by atoms with E-state index < -0.39 is 0 Å². The molecule has 1 saturated heterocycles. The standard InChI is InChI=1S/C7H13NS/c1-5-4-9-7(8-5)6-2-3-6/h5-8H,2-4H2,1H3. The number of rotatable bonds is 1. The van der Waals surface area contributed by atoms with E-state index in [1.54, 1.807) is 0 Å². The molecule has 9 heavy (non-hydrogen) atoms. The van der Waals surface area contributed by atoms with Crippen molar-refractivity contribution in [3.63, 3.8) is 0 Å². The van der Waals surface area contributed by atoms with Crippen LogP contribution in [-0.4, -0.2) is 17.2 Å². The maximum Gasteiger partial charge on any atom is 0.0563 e. The molecule has 0 bridgehead atoms. The molecule has 0 aromatic heterocycles. The Morgan fingerprint density at radius 3 is 2.67 bits per heavy atom. The molecule has 1 nitrogen and oxygen atoms in total. The van der Waals surface area contributed by atoms with Crippen molar-refractivity contribution in [2.24, 2.45) is 5.92 Å². The molecule has 52 valence electrons. The molecule has 1 saturated carbocycles. The molecule has 1 aliphatic carbocycles. The number of hydrogen-bond donors (Lipinski definition) is 1. The smallest absolute Gasteiger partial charge is 0.0563 e. The third kappa shape index (κ3) is 1.24. The summed E-state index contributed by atoms with van der Waals surface area (Å²) in [5, 5.41) is 4.40. The highest BCUT2D eigenvalue weighted by Crippen LogP contribution is 2.40. The minimum atomic E-state index is 0.764. The molecule has 0 amide bonds. The van der Waals surface area contributed by atoms with Crippen molar-refractivity contribution in [2.45, 2.75) is 31.2 Å². The van der Waals surface area contributed by atoms with E-state index >= 15 is 0 Å². The summed E-state index contributed by atoms with van der Waals surface area (Å²) in [5.74, 6) is 2.35. The SMILES string of the molecule is CC1CSC(C2CC2)N1. The van der Waals surface area contributed by atoms with Crippen molar-refractivity contribution >= 4 is 11.8 Å². The van der Waals surface area contributed by atoms with Crippen molar-refractivity contribution in [3.05, 3.63) is 0 Å². The Morgan fingerprint density at radius 2 is 2.22 bits per heavy atom. The first kappa shape index (κ1) is 6.05. The summed E-state index contributed by atoms with van der Waals surface area (Å²) < 4.78 is 0. The average Bonchev–Trinajstić information content (AvgIpc) is 2.58. The third-order valence-corrected chi connectivity index (χ3v) is 3.60. The van der Waals surface area contributed by atoms with Crippen molar-refractivity contribution in [1.29, 1.82) is 0 Å². The van der Waals surface area contributed by atoms with Crippen LogP contribution < -0.4 is 5.32 Å². The minimum absolute atomic E-state index is 0.764. The van der Waals surface area contributed by atoms with Crippen LogP contribution >= 0.6 is 11.8 Å². The van der Waals surface area contributed by atoms with Crippen LogP contribution in [0.5, 0.6) is 0 Å². The molecule has 2 aliphatic rings. The predicted molar refractivity (Wildman–Crippen MR) is 41.6 cm³/mol. The molecular weight excluding hydrogens is 130 g/mol. The predicted octanol–water partition coefficient (Wildman–Crippen LogP) is 1.45. The van der Waals surface area contributed by atoms with Crippen LogP contribution in [0.25, 0.3) is 0 Å². The van der Waals surface area contributed by atoms with Crippen LogP contribution in [0.2, 0.25) is 0 Å². The topological polar surface area (TPSA) is 12.0 Å². The van der Waals surface area contributed by atoms with Gasteiger partial charge in [0, 0.05) is 11.8 Å². The zero-order chi connectivity index (χ0) is 6.27. The number of nitrogens with one attached hydrogen (secondary N) is 1. The van der Waals surface area contributed by atoms with Crippen LogP contribution in [0.4, 0.5) is 0 Å². The molecule has 2 unspecified atom stereocenters. The van der Waals surface area contributed by atoms with Crippen LogP contribution in [-0.2, 0) is 0 Å². The van der Waals surface area contributed by atoms with Crippen LogP contribution in [0.3, 0.4) is 0 Å². The number of thioether (sulfide) groups is 1. The van der Waals surface area contributed by atoms with Crippen LogP contribution in [0, 0.1) is 5.92 Å². The molecule has 2 fully saturated rings. The van der Waals surface area contributed by atoms with Gasteiger partial charge in [0.25, 0.3) is 0 Å². The molecule has 2 rings (SSSR count). The van der Waals surface area contributed by atoms with Gasteiger partial charge in [-0.15, -0.1) is 11.8 Å². The van der Waals surface area contributed by atoms with Gasteiger partial charge in [-0.05, 0) is 25.7 Å². The molecule has 2 heteroatoms. The lowest BCUT2D eigenvalue weighted by atomic mass is 10.3. The van der Waals surface area contributed by atoms with Gasteiger partial charge in [-0.3, -0.25) is 0 Å². The minimum Gasteiger partial charge on any atom is -0.302 e. The quantitative estimate of drug-likeness (QED) is 0.596. The summed E-state index contributed by atoms with van der Waals surface area (Å²) in [6, 6.07) is 0.764. The Morgan fingerprint density at radius 1 is 1.44 bits per heavy atom. The highest BCUT2D eigenvalue weighted by atomic mass is 32.2. The van der Waals surface area contributed by atoms with Gasteiger partial charge >= 0.3 is 0 Å². The Hall–Kier alpha value is 0.310. The van der Waals surface area contributed by atoms with Gasteiger partial charge in [-0.2, -0.15) is 0 Å². The first-order valence-electron chi connectivity index (χ1n) is 3.74. The summed E-state index contributed by atoms with van der Waals surface area (Å²) in [6.07, 6.45) is 2.94. The largest absolute Gasteiger partial charge is 0.302 e. The maximum absolute atomic E-state index is 3.58. The van der Waals surface area contributed by atoms with E-state index in [-0.39, 0.29) is 0 Å². The first-order valence-corrected chi connectivity index (χ1v) is 4.79. The molecule has 0 aromatic carbocycles. The lowest BCUT2D eigenvalue weighted by Crippen LogP contribution is -2.28. The van der Waals surface area contributed by atoms with E-state index in [1.165, 1.54) is 18.6 Å². The molecule has 2 atom stereocenters. The molecule has 1 heterocycles. The van der Waals surface area contributed by atoms with Gasteiger partial charge in [0.1, 0.15) is 0 Å². The Bertz CT molecular complexity index is 111. The molecular formula is C7H13NS. The van der Waals surface area contributed by atoms with E-state index in [9.17, 15) is 0 Å². The van der Waals surface area contributed by atoms with Gasteiger partial charge in [0.05, 0.1) is 5.37 Å². The fraction of sp³-hybridized carbons (Fsp3) is 1.00. The fourth-order valence-corrected chi connectivity index (χ4v) is 2.76. The van der Waals surface area contributed by atoms with Gasteiger partial charge in [-0.25, -0.2) is 0 Å². The van der Waals surface area contributed by atoms with E-state index in [0.717, 1.165) is 17.3 Å². The first-order chi connectivity index (χ1) is 4.36. The van der Waals surface area contributed by atoms with E-state index in [0.29, 0.717) is 0 Å². The Balaban J connectivity index is 1.86. The van der Waals surface area contributed by atoms with Crippen LogP contribution in [0.1, 0.15) is 19.8 Å². The third-order valence-electron chi connectivity index (χ3n) is 2.02. The summed E-state index contributed by atoms with van der Waals surface area (Å²) in [5.41, 5.74) is 0. The second kappa shape index (κ2) is 2.17. The van der Waals surface area contributed by atoms with Crippen molar-refractivity contribution in [3.8, 4) is 0 Å². The Kier molecular flexibility index (Phi) is 1.46. The zero-order valence-electron chi connectivity index (χ0n) is 5.76. The van der Waals surface area contributed by atoms with Gasteiger partial charge in [0.15, 0.2) is 0 Å². The molecule has 0 spiro atoms. The Labute approximate surface area is 60.6 Å². The highest BCUT2D eigenvalue weighted by Gasteiger charge is 2.35. The number of hydrogen-bond acceptors (Lipinski definition) is 2. The van der Waals surface area contributed by atoms with Crippen molar-refractivity contribution in [2.75, 3.05) is 5.75 Å². The van der Waals surface area contributed by atoms with E-state index in [1.807, 2.05) is 0 Å². The maximum atomic E-state index is 3.58. The summed E-state index contributed by atoms with van der Waals surface area (Å²) in [6.45, 7) is 2.27. The summed E-state index contributed by atoms with van der Waals surface area (Å²) in [7, 11) is 0. The van der Waals surface area contributed by atoms with E-state index in [2.05, 4.69) is 24.0 Å². The molecule has 1 N–H and O–H groups in total. The average molecular weight is 143 g/mol. The van der Waals surface area contributed by atoms with Gasteiger partial charge in [-0.1, -0.05) is 0 Å². The molecule has 0 aromatic rings. The zero-order valence-corrected chi connectivity index (χ0v) is 6.58. The molecule has 0 radical (unpaired) electrons. The second-order valence-corrected chi connectivity index (χ2v) is 4.33. The second-order valence-electron chi connectivity index (χ2n) is 3.16. The van der Waals surface area contributed by atoms with Crippen LogP contribution in [0.15, 0.2) is 0 Å². The lowest BCUT2D eigenvalue weighted by Gasteiger charge is -2.07. The fourth-order valence-electron chi connectivity index (χ4n) is 1.30. The van der Waals surface area contributed by atoms with Gasteiger partial charge < -0.3 is 5.32 Å². The summed E-state index contributed by atoms with van der Waals surface area (Å²) >= 11 is 2.11. The van der Waals surface area contributed by atoms with Crippen molar-refractivity contribution < 1.29 is 0 Å².